The number of halogens is 12. The second-order valence-electron chi connectivity index (χ2n) is 9.04. The van der Waals surface area contributed by atoms with E-state index in [9.17, 15) is 62.3 Å². The minimum Gasteiger partial charge on any atom is -0.494 e. The van der Waals surface area contributed by atoms with Gasteiger partial charge in [-0.15, -0.1) is 0 Å². The molecule has 2 N–H and O–H groups in total. The predicted octanol–water partition coefficient (Wildman–Crippen LogP) is 8.42. The summed E-state index contributed by atoms with van der Waals surface area (Å²) in [5.41, 5.74) is -12.9. The number of benzene rings is 3. The molecule has 0 bridgehead atoms. The van der Waals surface area contributed by atoms with Crippen LogP contribution in [0.3, 0.4) is 0 Å². The number of aryl methyl sites for hydroxylation is 1. The largest absolute Gasteiger partial charge is 0.494 e. The van der Waals surface area contributed by atoms with Crippen LogP contribution in [0, 0.1) is 6.92 Å². The number of carbonyl (C=O) groups excluding carboxylic acids is 2. The Bertz CT molecular complexity index is 1570. The van der Waals surface area contributed by atoms with Gasteiger partial charge in [-0.2, -0.15) is 48.3 Å². The molecule has 3 aromatic carbocycles. The number of hydrogen-bond acceptors (Lipinski definition) is 4. The maximum absolute atomic E-state index is 14.7. The summed E-state index contributed by atoms with van der Waals surface area (Å²) in [6, 6.07) is 6.59. The Labute approximate surface area is 244 Å². The molecule has 0 radical (unpaired) electrons. The highest BCUT2D eigenvalue weighted by Crippen LogP contribution is 2.54. The summed E-state index contributed by atoms with van der Waals surface area (Å²) in [4.78, 5) is 25.9. The number of alkyl halides is 12. The molecule has 0 aliphatic heterocycles. The molecule has 0 spiro atoms. The number of methoxy groups -OCH3 is 1. The zero-order valence-corrected chi connectivity index (χ0v) is 22.4. The van der Waals surface area contributed by atoms with Crippen molar-refractivity contribution in [3.05, 3.63) is 82.4 Å². The molecule has 0 heterocycles. The molecule has 0 aliphatic rings. The fourth-order valence-electron chi connectivity index (χ4n) is 4.12. The van der Waals surface area contributed by atoms with Crippen molar-refractivity contribution in [1.82, 2.24) is 0 Å². The fourth-order valence-corrected chi connectivity index (χ4v) is 4.12. The third kappa shape index (κ3) is 7.04. The summed E-state index contributed by atoms with van der Waals surface area (Å²) in [5, 5.41) is 4.08. The highest BCUT2D eigenvalue weighted by atomic mass is 19.4. The maximum Gasteiger partial charge on any atom is 0.435 e. The van der Waals surface area contributed by atoms with Crippen molar-refractivity contribution in [3.63, 3.8) is 0 Å². The monoisotopic (exact) mass is 662 g/mol. The lowest BCUT2D eigenvalue weighted by molar-refractivity contribution is -0.348. The van der Waals surface area contributed by atoms with Crippen LogP contribution in [0.25, 0.3) is 0 Å². The lowest BCUT2D eigenvalue weighted by Gasteiger charge is -2.31. The minimum atomic E-state index is -6.59. The van der Waals surface area contributed by atoms with Gasteiger partial charge in [-0.3, -0.25) is 9.59 Å². The summed E-state index contributed by atoms with van der Waals surface area (Å²) in [5.74, 6) is -4.60. The van der Waals surface area contributed by atoms with Crippen LogP contribution in [0.2, 0.25) is 0 Å². The number of para-hydroxylation sites is 1. The molecule has 0 aromatic heterocycles. The number of hydrogen-bond donors (Lipinski definition) is 2. The first kappa shape index (κ1) is 34.8. The molecular formula is C27H18F12N2O4. The van der Waals surface area contributed by atoms with Gasteiger partial charge < -0.3 is 20.1 Å². The average Bonchev–Trinajstić information content (AvgIpc) is 2.91. The molecule has 0 saturated carbocycles. The van der Waals surface area contributed by atoms with Crippen molar-refractivity contribution >= 4 is 23.2 Å². The zero-order chi connectivity index (χ0) is 34.1. The van der Waals surface area contributed by atoms with E-state index in [4.69, 9.17) is 4.74 Å². The molecule has 244 valence electrons. The molecule has 0 unspecified atom stereocenters. The zero-order valence-electron chi connectivity index (χ0n) is 22.4. The van der Waals surface area contributed by atoms with Gasteiger partial charge in [-0.05, 0) is 48.9 Å². The molecule has 0 saturated heterocycles. The van der Waals surface area contributed by atoms with Gasteiger partial charge in [-0.1, -0.05) is 18.2 Å². The van der Waals surface area contributed by atoms with Gasteiger partial charge in [0.1, 0.15) is 5.75 Å². The van der Waals surface area contributed by atoms with Gasteiger partial charge in [0.25, 0.3) is 11.8 Å². The Morgan fingerprint density at radius 3 is 1.84 bits per heavy atom. The Kier molecular flexibility index (Phi) is 9.60. The summed E-state index contributed by atoms with van der Waals surface area (Å²) < 4.78 is 170. The smallest absolute Gasteiger partial charge is 0.435 e. The number of ether oxygens (including phenoxy) is 2. The van der Waals surface area contributed by atoms with E-state index < -0.39 is 87.6 Å². The third-order valence-corrected chi connectivity index (χ3v) is 6.12. The van der Waals surface area contributed by atoms with Crippen LogP contribution >= 0.6 is 0 Å². The maximum atomic E-state index is 14.7. The van der Waals surface area contributed by atoms with Crippen LogP contribution in [0.5, 0.6) is 11.5 Å². The summed E-state index contributed by atoms with van der Waals surface area (Å²) in [6.07, 6.45) is -18.1. The quantitative estimate of drug-likeness (QED) is 0.238. The lowest BCUT2D eigenvalue weighted by Crippen LogP contribution is -2.50. The molecule has 2 amide bonds. The first-order valence-corrected chi connectivity index (χ1v) is 12.0. The van der Waals surface area contributed by atoms with Gasteiger partial charge >= 0.3 is 30.8 Å². The number of anilines is 2. The predicted molar refractivity (Wildman–Crippen MR) is 133 cm³/mol. The normalized spacial score (nSPS) is 12.6. The molecule has 6 nitrogen and oxygen atoms in total. The molecule has 0 atom stereocenters. The van der Waals surface area contributed by atoms with Crippen LogP contribution < -0.4 is 20.1 Å². The molecule has 18 heteroatoms. The Morgan fingerprint density at radius 1 is 0.756 bits per heavy atom. The standard InChI is InChI=1S/C27H18F12N2O4/c1-12-10-13(24(30,26(34,35)36)27(37,38)39)11-18(45-23(28)29)19(12)41-22(43)15-7-5-9-17(20(15)44-2)40-21(42)14-6-3-4-8-16(14)25(31,32)33/h3-11,23H,1-2H3,(H,40,42)(H,41,43). The van der Waals surface area contributed by atoms with Crippen molar-refractivity contribution < 1.29 is 71.7 Å². The molecule has 3 rings (SSSR count). The van der Waals surface area contributed by atoms with Gasteiger partial charge in [0.15, 0.2) is 5.75 Å². The van der Waals surface area contributed by atoms with Crippen molar-refractivity contribution in [2.75, 3.05) is 17.7 Å². The third-order valence-electron chi connectivity index (χ3n) is 6.12. The number of carbonyl (C=O) groups is 2. The second kappa shape index (κ2) is 12.4. The topological polar surface area (TPSA) is 76.7 Å². The fraction of sp³-hybridized carbons (Fsp3) is 0.259. The first-order valence-electron chi connectivity index (χ1n) is 12.0. The van der Waals surface area contributed by atoms with Crippen molar-refractivity contribution in [2.45, 2.75) is 37.7 Å². The van der Waals surface area contributed by atoms with Crippen molar-refractivity contribution in [1.29, 1.82) is 0 Å². The number of rotatable bonds is 8. The minimum absolute atomic E-state index is 0.0148. The van der Waals surface area contributed by atoms with Gasteiger partial charge in [0, 0.05) is 5.56 Å². The Hall–Kier alpha value is -4.64. The van der Waals surface area contributed by atoms with Gasteiger partial charge in [-0.25, -0.2) is 4.39 Å². The summed E-state index contributed by atoms with van der Waals surface area (Å²) in [7, 11) is 0.964. The van der Waals surface area contributed by atoms with Crippen LogP contribution in [0.4, 0.5) is 64.1 Å². The Balaban J connectivity index is 2.06. The molecule has 3 aromatic rings. The van der Waals surface area contributed by atoms with Crippen molar-refractivity contribution in [2.24, 2.45) is 0 Å². The van der Waals surface area contributed by atoms with Crippen molar-refractivity contribution in [3.8, 4) is 11.5 Å². The SMILES string of the molecule is COc1c(NC(=O)c2ccccc2C(F)(F)F)cccc1C(=O)Nc1c(C)cc(C(F)(C(F)(F)F)C(F)(F)F)cc1OC(F)F. The van der Waals surface area contributed by atoms with E-state index in [1.165, 1.54) is 0 Å². The molecule has 0 fully saturated rings. The van der Waals surface area contributed by atoms with E-state index >= 15 is 0 Å². The average molecular weight is 662 g/mol. The van der Waals surface area contributed by atoms with E-state index in [0.29, 0.717) is 6.07 Å². The number of nitrogens with one attached hydrogen (secondary N) is 2. The van der Waals surface area contributed by atoms with Crippen LogP contribution in [-0.4, -0.2) is 37.9 Å². The molecular weight excluding hydrogens is 644 g/mol. The van der Waals surface area contributed by atoms with Crippen LogP contribution in [-0.2, 0) is 11.8 Å². The molecule has 0 aliphatic carbocycles. The van der Waals surface area contributed by atoms with E-state index in [2.05, 4.69) is 10.1 Å². The van der Waals surface area contributed by atoms with Gasteiger partial charge in [0.05, 0.1) is 35.2 Å². The van der Waals surface area contributed by atoms with Gasteiger partial charge in [0.2, 0.25) is 0 Å². The van der Waals surface area contributed by atoms with Crippen LogP contribution in [0.15, 0.2) is 54.6 Å². The van der Waals surface area contributed by atoms with E-state index in [1.54, 1.807) is 0 Å². The summed E-state index contributed by atoms with van der Waals surface area (Å²) >= 11 is 0. The first-order chi connectivity index (χ1) is 20.6. The lowest BCUT2D eigenvalue weighted by atomic mass is 9.92. The summed E-state index contributed by atoms with van der Waals surface area (Å²) in [6.45, 7) is -3.11. The molecule has 45 heavy (non-hydrogen) atoms. The number of amides is 2. The van der Waals surface area contributed by atoms with Crippen LogP contribution in [0.1, 0.15) is 37.4 Å². The highest BCUT2D eigenvalue weighted by Gasteiger charge is 2.73. The van der Waals surface area contributed by atoms with E-state index in [0.717, 1.165) is 50.4 Å². The van der Waals surface area contributed by atoms with E-state index in [1.807, 2.05) is 5.32 Å². The van der Waals surface area contributed by atoms with E-state index in [-0.39, 0.29) is 17.8 Å². The second-order valence-corrected chi connectivity index (χ2v) is 9.04. The highest BCUT2D eigenvalue weighted by molar-refractivity contribution is 6.11. The Morgan fingerprint density at radius 2 is 1.31 bits per heavy atom.